The van der Waals surface area contributed by atoms with Crippen molar-refractivity contribution in [1.29, 1.82) is 0 Å². The summed E-state index contributed by atoms with van der Waals surface area (Å²) < 4.78 is 7.63. The Morgan fingerprint density at radius 1 is 0.400 bits per heavy atom. The van der Waals surface area contributed by atoms with Crippen LogP contribution in [0.1, 0.15) is 0 Å². The Morgan fingerprint density at radius 2 is 1.08 bits per heavy atom. The number of aromatic nitrogens is 1. The largest absolute Gasteiger partial charge is 0.309 e. The van der Waals surface area contributed by atoms with Crippen molar-refractivity contribution in [2.45, 2.75) is 0 Å². The molecule has 3 heterocycles. The van der Waals surface area contributed by atoms with Crippen molar-refractivity contribution in [1.82, 2.24) is 4.57 Å². The van der Waals surface area contributed by atoms with Crippen molar-refractivity contribution in [2.75, 3.05) is 4.90 Å². The molecule has 11 aromatic rings. The monoisotopic (exact) mass is 672 g/mol. The van der Waals surface area contributed by atoms with Crippen LogP contribution in [0.5, 0.6) is 0 Å². The highest BCUT2D eigenvalue weighted by atomic mass is 32.1. The SMILES string of the molecule is c1ccc(-n2c3ccccc3c3c(N(c4ccc5sc6ccc7ccccc7c6c5c4)c4cccc5c4sc4ccccc45)cccc32)cc1. The molecular formula is C46H28N2S2. The summed E-state index contributed by atoms with van der Waals surface area (Å²) in [6, 6.07) is 62.4. The van der Waals surface area contributed by atoms with Gasteiger partial charge in [0.25, 0.3) is 0 Å². The summed E-state index contributed by atoms with van der Waals surface area (Å²) in [5.74, 6) is 0. The second-order valence-electron chi connectivity index (χ2n) is 12.9. The van der Waals surface area contributed by atoms with E-state index in [-0.39, 0.29) is 0 Å². The molecule has 8 aromatic carbocycles. The van der Waals surface area contributed by atoms with E-state index in [1.54, 1.807) is 0 Å². The predicted octanol–water partition coefficient (Wildman–Crippen LogP) is 14.1. The van der Waals surface area contributed by atoms with Crippen LogP contribution in [0.15, 0.2) is 170 Å². The van der Waals surface area contributed by atoms with Gasteiger partial charge in [0.2, 0.25) is 0 Å². The molecule has 0 unspecified atom stereocenters. The minimum absolute atomic E-state index is 1.15. The molecule has 3 aromatic heterocycles. The molecule has 0 aliphatic heterocycles. The van der Waals surface area contributed by atoms with Gasteiger partial charge in [0.05, 0.1) is 27.1 Å². The molecule has 0 bridgehead atoms. The van der Waals surface area contributed by atoms with E-state index in [1.807, 2.05) is 22.7 Å². The van der Waals surface area contributed by atoms with Crippen LogP contribution in [0.4, 0.5) is 17.1 Å². The molecular weight excluding hydrogens is 645 g/mol. The average Bonchev–Trinajstić information content (AvgIpc) is 3.85. The van der Waals surface area contributed by atoms with Gasteiger partial charge in [-0.2, -0.15) is 0 Å². The fourth-order valence-electron chi connectivity index (χ4n) is 8.03. The minimum Gasteiger partial charge on any atom is -0.309 e. The van der Waals surface area contributed by atoms with Crippen LogP contribution in [0.25, 0.3) is 78.6 Å². The maximum Gasteiger partial charge on any atom is 0.0640 e. The zero-order chi connectivity index (χ0) is 32.8. The highest BCUT2D eigenvalue weighted by Gasteiger charge is 2.24. The first-order valence-electron chi connectivity index (χ1n) is 16.9. The van der Waals surface area contributed by atoms with Crippen LogP contribution in [-0.2, 0) is 0 Å². The van der Waals surface area contributed by atoms with Crippen molar-refractivity contribution >= 4 is 113 Å². The van der Waals surface area contributed by atoms with E-state index < -0.39 is 0 Å². The number of hydrogen-bond donors (Lipinski definition) is 0. The van der Waals surface area contributed by atoms with Crippen LogP contribution in [0.2, 0.25) is 0 Å². The zero-order valence-corrected chi connectivity index (χ0v) is 28.5. The number of para-hydroxylation sites is 2. The lowest BCUT2D eigenvalue weighted by Gasteiger charge is -2.27. The third-order valence-electron chi connectivity index (χ3n) is 10.2. The molecule has 2 nitrogen and oxygen atoms in total. The summed E-state index contributed by atoms with van der Waals surface area (Å²) in [5, 5.41) is 10.3. The molecule has 0 aliphatic carbocycles. The summed E-state index contributed by atoms with van der Waals surface area (Å²) in [6.07, 6.45) is 0. The molecule has 0 N–H and O–H groups in total. The van der Waals surface area contributed by atoms with E-state index in [4.69, 9.17) is 0 Å². The van der Waals surface area contributed by atoms with E-state index in [0.717, 1.165) is 11.4 Å². The van der Waals surface area contributed by atoms with E-state index >= 15 is 0 Å². The molecule has 0 saturated carbocycles. The second-order valence-corrected chi connectivity index (χ2v) is 15.0. The fourth-order valence-corrected chi connectivity index (χ4v) is 10.3. The number of nitrogens with zero attached hydrogens (tertiary/aromatic N) is 2. The van der Waals surface area contributed by atoms with Gasteiger partial charge >= 0.3 is 0 Å². The van der Waals surface area contributed by atoms with Crippen molar-refractivity contribution in [3.8, 4) is 5.69 Å². The number of hydrogen-bond acceptors (Lipinski definition) is 3. The van der Waals surface area contributed by atoms with E-state index in [2.05, 4.69) is 179 Å². The topological polar surface area (TPSA) is 8.17 Å². The van der Waals surface area contributed by atoms with Gasteiger partial charge in [-0.15, -0.1) is 22.7 Å². The van der Waals surface area contributed by atoms with Gasteiger partial charge in [-0.3, -0.25) is 0 Å². The van der Waals surface area contributed by atoms with Crippen LogP contribution < -0.4 is 4.90 Å². The van der Waals surface area contributed by atoms with Crippen LogP contribution in [-0.4, -0.2) is 4.57 Å². The molecule has 0 amide bonds. The molecule has 0 atom stereocenters. The van der Waals surface area contributed by atoms with Gasteiger partial charge < -0.3 is 9.47 Å². The van der Waals surface area contributed by atoms with Gasteiger partial charge in [-0.25, -0.2) is 0 Å². The Bertz CT molecular complexity index is 3110. The first-order chi connectivity index (χ1) is 24.8. The zero-order valence-electron chi connectivity index (χ0n) is 26.9. The quantitative estimate of drug-likeness (QED) is 0.181. The second kappa shape index (κ2) is 10.8. The minimum atomic E-state index is 1.15. The lowest BCUT2D eigenvalue weighted by molar-refractivity contribution is 1.18. The standard InChI is InChI=1S/C46H28N2S2/c1-2-13-30(14-3-1)47-37-19-8-6-17-35(37)45-38(47)20-11-21-39(45)48(40-22-10-18-34-33-16-7-9-23-41(33)50-46(34)40)31-25-27-42-36(28-31)44-32-15-5-4-12-29(32)24-26-43(44)49-42/h1-28H. The molecule has 234 valence electrons. The first-order valence-corrected chi connectivity index (χ1v) is 18.6. The number of thiophene rings is 2. The maximum atomic E-state index is 2.52. The predicted molar refractivity (Wildman–Crippen MR) is 219 cm³/mol. The fraction of sp³-hybridized carbons (Fsp3) is 0. The molecule has 0 saturated heterocycles. The Labute approximate surface area is 296 Å². The highest BCUT2D eigenvalue weighted by Crippen LogP contribution is 2.49. The number of fused-ring (bicyclic) bond motifs is 11. The lowest BCUT2D eigenvalue weighted by atomic mass is 10.0. The van der Waals surface area contributed by atoms with Gasteiger partial charge in [-0.1, -0.05) is 103 Å². The molecule has 0 aliphatic rings. The summed E-state index contributed by atoms with van der Waals surface area (Å²) in [5.41, 5.74) is 7.06. The van der Waals surface area contributed by atoms with Crippen molar-refractivity contribution in [2.24, 2.45) is 0 Å². The van der Waals surface area contributed by atoms with Gasteiger partial charge in [0, 0.05) is 57.8 Å². The van der Waals surface area contributed by atoms with Crippen LogP contribution in [0.3, 0.4) is 0 Å². The third-order valence-corrected chi connectivity index (χ3v) is 12.5. The smallest absolute Gasteiger partial charge is 0.0640 e. The summed E-state index contributed by atoms with van der Waals surface area (Å²) in [7, 11) is 0. The number of rotatable bonds is 4. The van der Waals surface area contributed by atoms with Gasteiger partial charge in [0.1, 0.15) is 0 Å². The maximum absolute atomic E-state index is 2.52. The van der Waals surface area contributed by atoms with Crippen molar-refractivity contribution in [3.05, 3.63) is 170 Å². The van der Waals surface area contributed by atoms with Gasteiger partial charge in [-0.05, 0) is 77.5 Å². The van der Waals surface area contributed by atoms with Crippen LogP contribution >= 0.6 is 22.7 Å². The molecule has 0 spiro atoms. The normalized spacial score (nSPS) is 12.0. The summed E-state index contributed by atoms with van der Waals surface area (Å²) in [6.45, 7) is 0. The molecule has 11 rings (SSSR count). The summed E-state index contributed by atoms with van der Waals surface area (Å²) >= 11 is 3.76. The Morgan fingerprint density at radius 3 is 2.00 bits per heavy atom. The van der Waals surface area contributed by atoms with Crippen molar-refractivity contribution < 1.29 is 0 Å². The summed E-state index contributed by atoms with van der Waals surface area (Å²) in [4.78, 5) is 2.52. The third kappa shape index (κ3) is 4.01. The Kier molecular flexibility index (Phi) is 6.03. The van der Waals surface area contributed by atoms with Crippen molar-refractivity contribution in [3.63, 3.8) is 0 Å². The lowest BCUT2D eigenvalue weighted by Crippen LogP contribution is -2.10. The van der Waals surface area contributed by atoms with E-state index in [0.29, 0.717) is 0 Å². The number of anilines is 3. The van der Waals surface area contributed by atoms with E-state index in [1.165, 1.54) is 84.3 Å². The molecule has 50 heavy (non-hydrogen) atoms. The van der Waals surface area contributed by atoms with E-state index in [9.17, 15) is 0 Å². The van der Waals surface area contributed by atoms with Crippen LogP contribution in [0, 0.1) is 0 Å². The molecule has 0 radical (unpaired) electrons. The Hall–Kier alpha value is -5.94. The Balaban J connectivity index is 1.27. The highest BCUT2D eigenvalue weighted by molar-refractivity contribution is 7.26. The molecule has 0 fully saturated rings. The first kappa shape index (κ1) is 28.0. The van der Waals surface area contributed by atoms with Gasteiger partial charge in [0.15, 0.2) is 0 Å². The molecule has 4 heteroatoms. The average molecular weight is 673 g/mol. The number of benzene rings is 8.